The van der Waals surface area contributed by atoms with Gasteiger partial charge in [-0.15, -0.1) is 0 Å². The van der Waals surface area contributed by atoms with Crippen LogP contribution in [0.1, 0.15) is 20.3 Å². The Morgan fingerprint density at radius 1 is 1.47 bits per heavy atom. The Kier molecular flexibility index (Phi) is 3.43. The fourth-order valence-corrected chi connectivity index (χ4v) is 2.14. The van der Waals surface area contributed by atoms with Gasteiger partial charge < -0.3 is 10.2 Å². The lowest BCUT2D eigenvalue weighted by Crippen LogP contribution is -2.41. The molecule has 1 amide bonds. The number of rotatable bonds is 3. The van der Waals surface area contributed by atoms with Gasteiger partial charge in [-0.05, 0) is 24.6 Å². The zero-order valence-corrected chi connectivity index (χ0v) is 10.1. The fraction of sp³-hybridized carbons (Fsp3) is 0.462. The van der Waals surface area contributed by atoms with Gasteiger partial charge in [-0.1, -0.05) is 19.9 Å². The van der Waals surface area contributed by atoms with Gasteiger partial charge in [0.05, 0.1) is 6.04 Å². The molecule has 1 N–H and O–H groups in total. The maximum atomic E-state index is 13.1. The monoisotopic (exact) mass is 236 g/mol. The molecule has 0 aromatic heterocycles. The minimum atomic E-state index is -0.310. The molecule has 1 heterocycles. The number of nitrogens with zero attached hydrogens (tertiary/aromatic N) is 1. The molecular weight excluding hydrogens is 219 g/mol. The Hall–Kier alpha value is -1.42. The van der Waals surface area contributed by atoms with E-state index in [9.17, 15) is 9.18 Å². The third kappa shape index (κ3) is 2.64. The fourth-order valence-electron chi connectivity index (χ4n) is 2.14. The molecule has 17 heavy (non-hydrogen) atoms. The smallest absolute Gasteiger partial charge is 0.244 e. The lowest BCUT2D eigenvalue weighted by molar-refractivity contribution is -0.118. The van der Waals surface area contributed by atoms with Crippen LogP contribution >= 0.6 is 0 Å². The summed E-state index contributed by atoms with van der Waals surface area (Å²) < 4.78 is 13.1. The van der Waals surface area contributed by atoms with Gasteiger partial charge in [0, 0.05) is 18.3 Å². The van der Waals surface area contributed by atoms with Crippen LogP contribution in [-0.4, -0.2) is 24.5 Å². The van der Waals surface area contributed by atoms with Crippen LogP contribution < -0.4 is 10.2 Å². The molecule has 0 spiro atoms. The SMILES string of the molecule is CC(C)NC1CCN(c2cccc(F)c2)C1=O. The molecule has 1 unspecified atom stereocenters. The minimum Gasteiger partial charge on any atom is -0.311 e. The van der Waals surface area contributed by atoms with Crippen LogP contribution in [0.25, 0.3) is 0 Å². The quantitative estimate of drug-likeness (QED) is 0.869. The molecule has 1 fully saturated rings. The van der Waals surface area contributed by atoms with E-state index in [-0.39, 0.29) is 23.8 Å². The number of benzene rings is 1. The number of hydrogen-bond donors (Lipinski definition) is 1. The molecule has 0 bridgehead atoms. The maximum absolute atomic E-state index is 13.1. The summed E-state index contributed by atoms with van der Waals surface area (Å²) in [6.07, 6.45) is 0.771. The number of carbonyl (C=O) groups excluding carboxylic acids is 1. The van der Waals surface area contributed by atoms with E-state index in [1.165, 1.54) is 12.1 Å². The van der Waals surface area contributed by atoms with Gasteiger partial charge >= 0.3 is 0 Å². The van der Waals surface area contributed by atoms with Crippen molar-refractivity contribution in [2.24, 2.45) is 0 Å². The van der Waals surface area contributed by atoms with E-state index in [0.29, 0.717) is 12.2 Å². The van der Waals surface area contributed by atoms with Gasteiger partial charge in [0.1, 0.15) is 5.82 Å². The number of amides is 1. The molecule has 0 saturated carbocycles. The van der Waals surface area contributed by atoms with Crippen LogP contribution in [0.15, 0.2) is 24.3 Å². The molecular formula is C13H17FN2O. The van der Waals surface area contributed by atoms with E-state index in [4.69, 9.17) is 0 Å². The summed E-state index contributed by atoms with van der Waals surface area (Å²) in [4.78, 5) is 13.7. The summed E-state index contributed by atoms with van der Waals surface area (Å²) in [7, 11) is 0. The van der Waals surface area contributed by atoms with Crippen LogP contribution in [0.3, 0.4) is 0 Å². The molecule has 4 heteroatoms. The van der Waals surface area contributed by atoms with E-state index in [0.717, 1.165) is 6.42 Å². The van der Waals surface area contributed by atoms with E-state index in [1.54, 1.807) is 17.0 Å². The molecule has 1 aromatic rings. The van der Waals surface area contributed by atoms with Crippen molar-refractivity contribution in [3.8, 4) is 0 Å². The van der Waals surface area contributed by atoms with E-state index in [1.807, 2.05) is 13.8 Å². The van der Waals surface area contributed by atoms with Gasteiger partial charge in [-0.2, -0.15) is 0 Å². The second-order valence-electron chi connectivity index (χ2n) is 4.63. The van der Waals surface area contributed by atoms with Crippen molar-refractivity contribution < 1.29 is 9.18 Å². The largest absolute Gasteiger partial charge is 0.311 e. The van der Waals surface area contributed by atoms with Crippen LogP contribution in [0.5, 0.6) is 0 Å². The Labute approximate surface area is 101 Å². The predicted octanol–water partition coefficient (Wildman–Crippen LogP) is 1.93. The average Bonchev–Trinajstić information content (AvgIpc) is 2.60. The molecule has 0 radical (unpaired) electrons. The highest BCUT2D eigenvalue weighted by Crippen LogP contribution is 2.22. The number of anilines is 1. The minimum absolute atomic E-state index is 0.0318. The lowest BCUT2D eigenvalue weighted by atomic mass is 10.2. The van der Waals surface area contributed by atoms with Crippen LogP contribution in [0.2, 0.25) is 0 Å². The highest BCUT2D eigenvalue weighted by atomic mass is 19.1. The molecule has 3 nitrogen and oxygen atoms in total. The third-order valence-electron chi connectivity index (χ3n) is 2.86. The van der Waals surface area contributed by atoms with E-state index < -0.39 is 0 Å². The van der Waals surface area contributed by atoms with Crippen molar-refractivity contribution in [3.63, 3.8) is 0 Å². The van der Waals surface area contributed by atoms with E-state index in [2.05, 4.69) is 5.32 Å². The lowest BCUT2D eigenvalue weighted by Gasteiger charge is -2.18. The molecule has 1 aliphatic rings. The molecule has 1 aliphatic heterocycles. The molecule has 0 aliphatic carbocycles. The number of nitrogens with one attached hydrogen (secondary N) is 1. The number of carbonyl (C=O) groups is 1. The third-order valence-corrected chi connectivity index (χ3v) is 2.86. The first-order valence-corrected chi connectivity index (χ1v) is 5.91. The normalized spacial score (nSPS) is 20.4. The topological polar surface area (TPSA) is 32.3 Å². The summed E-state index contributed by atoms with van der Waals surface area (Å²) in [6.45, 7) is 4.67. The zero-order chi connectivity index (χ0) is 12.4. The van der Waals surface area contributed by atoms with Crippen LogP contribution in [0.4, 0.5) is 10.1 Å². The van der Waals surface area contributed by atoms with Crippen molar-refractivity contribution in [2.75, 3.05) is 11.4 Å². The zero-order valence-electron chi connectivity index (χ0n) is 10.1. The Balaban J connectivity index is 2.12. The molecule has 2 rings (SSSR count). The average molecular weight is 236 g/mol. The number of hydrogen-bond acceptors (Lipinski definition) is 2. The highest BCUT2D eigenvalue weighted by Gasteiger charge is 2.32. The summed E-state index contributed by atoms with van der Waals surface area (Å²) >= 11 is 0. The second-order valence-corrected chi connectivity index (χ2v) is 4.63. The van der Waals surface area contributed by atoms with Gasteiger partial charge in [-0.25, -0.2) is 4.39 Å². The molecule has 92 valence electrons. The Bertz CT molecular complexity index is 420. The first-order valence-electron chi connectivity index (χ1n) is 5.91. The van der Waals surface area contributed by atoms with Gasteiger partial charge in [0.2, 0.25) is 5.91 Å². The Morgan fingerprint density at radius 2 is 2.24 bits per heavy atom. The summed E-state index contributed by atoms with van der Waals surface area (Å²) in [5.41, 5.74) is 0.642. The summed E-state index contributed by atoms with van der Waals surface area (Å²) in [5.74, 6) is -0.278. The highest BCUT2D eigenvalue weighted by molar-refractivity contribution is 5.99. The van der Waals surface area contributed by atoms with Crippen LogP contribution in [-0.2, 0) is 4.79 Å². The first-order chi connectivity index (χ1) is 8.08. The van der Waals surface area contributed by atoms with Crippen LogP contribution in [0, 0.1) is 5.82 Å². The van der Waals surface area contributed by atoms with Crippen molar-refractivity contribution in [2.45, 2.75) is 32.4 Å². The summed E-state index contributed by atoms with van der Waals surface area (Å²) in [6, 6.07) is 6.30. The van der Waals surface area contributed by atoms with Gasteiger partial charge in [0.25, 0.3) is 0 Å². The van der Waals surface area contributed by atoms with Crippen molar-refractivity contribution in [3.05, 3.63) is 30.1 Å². The molecule has 1 aromatic carbocycles. The summed E-state index contributed by atoms with van der Waals surface area (Å²) in [5, 5.41) is 3.22. The molecule has 1 atom stereocenters. The predicted molar refractivity (Wildman–Crippen MR) is 65.4 cm³/mol. The van der Waals surface area contributed by atoms with Gasteiger partial charge in [0.15, 0.2) is 0 Å². The van der Waals surface area contributed by atoms with Crippen molar-refractivity contribution in [1.29, 1.82) is 0 Å². The number of halogens is 1. The van der Waals surface area contributed by atoms with Gasteiger partial charge in [-0.3, -0.25) is 4.79 Å². The first kappa shape index (κ1) is 12.0. The van der Waals surface area contributed by atoms with Crippen molar-refractivity contribution >= 4 is 11.6 Å². The van der Waals surface area contributed by atoms with Crippen molar-refractivity contribution in [1.82, 2.24) is 5.32 Å². The standard InChI is InChI=1S/C13H17FN2O/c1-9(2)15-12-6-7-16(13(12)17)11-5-3-4-10(14)8-11/h3-5,8-9,12,15H,6-7H2,1-2H3. The van der Waals surface area contributed by atoms with E-state index >= 15 is 0 Å². The molecule has 1 saturated heterocycles. The second kappa shape index (κ2) is 4.84. The Morgan fingerprint density at radius 3 is 2.88 bits per heavy atom. The maximum Gasteiger partial charge on any atom is 0.244 e.